The summed E-state index contributed by atoms with van der Waals surface area (Å²) >= 11 is 0. The van der Waals surface area contributed by atoms with E-state index < -0.39 is 0 Å². The van der Waals surface area contributed by atoms with Gasteiger partial charge in [-0.15, -0.1) is 0 Å². The molecule has 5 nitrogen and oxygen atoms in total. The van der Waals surface area contributed by atoms with Crippen LogP contribution in [0.25, 0.3) is 0 Å². The van der Waals surface area contributed by atoms with Gasteiger partial charge in [0, 0.05) is 24.3 Å². The molecule has 0 saturated heterocycles. The van der Waals surface area contributed by atoms with Gasteiger partial charge in [-0.05, 0) is 39.2 Å². The van der Waals surface area contributed by atoms with Crippen molar-refractivity contribution in [2.24, 2.45) is 11.7 Å². The van der Waals surface area contributed by atoms with Crippen molar-refractivity contribution in [1.82, 2.24) is 9.97 Å². The third-order valence-electron chi connectivity index (χ3n) is 4.20. The number of anilines is 1. The highest BCUT2D eigenvalue weighted by molar-refractivity contribution is 5.36. The summed E-state index contributed by atoms with van der Waals surface area (Å²) < 4.78 is 5.27. The van der Waals surface area contributed by atoms with Crippen molar-refractivity contribution >= 4 is 5.95 Å². The van der Waals surface area contributed by atoms with Gasteiger partial charge in [0.15, 0.2) is 0 Å². The first-order valence-electron chi connectivity index (χ1n) is 7.56. The molecule has 112 valence electrons. The minimum atomic E-state index is 0.449. The predicted molar refractivity (Wildman–Crippen MR) is 81.1 cm³/mol. The standard InChI is InChI=1S/C15H26N4O/c1-4-19(13-8-6-5-7-12(13)10-16)15-17-11(2)9-14(18-15)20-3/h9,12-13H,4-8,10,16H2,1-3H3. The molecule has 2 atom stereocenters. The quantitative estimate of drug-likeness (QED) is 0.894. The zero-order chi connectivity index (χ0) is 14.5. The van der Waals surface area contributed by atoms with Gasteiger partial charge in [0.2, 0.25) is 11.8 Å². The molecule has 1 aromatic heterocycles. The number of hydrogen-bond donors (Lipinski definition) is 1. The second-order valence-corrected chi connectivity index (χ2v) is 5.49. The molecule has 0 bridgehead atoms. The molecule has 1 aromatic rings. The van der Waals surface area contributed by atoms with Crippen molar-refractivity contribution < 1.29 is 4.74 Å². The minimum absolute atomic E-state index is 0.449. The zero-order valence-corrected chi connectivity index (χ0v) is 12.8. The van der Waals surface area contributed by atoms with Crippen LogP contribution in [-0.4, -0.2) is 36.2 Å². The topological polar surface area (TPSA) is 64.3 Å². The molecule has 5 heteroatoms. The second-order valence-electron chi connectivity index (χ2n) is 5.49. The van der Waals surface area contributed by atoms with Crippen molar-refractivity contribution in [3.05, 3.63) is 11.8 Å². The van der Waals surface area contributed by atoms with Crippen LogP contribution in [0.2, 0.25) is 0 Å². The Balaban J connectivity index is 2.28. The number of nitrogens with two attached hydrogens (primary N) is 1. The van der Waals surface area contributed by atoms with Crippen LogP contribution in [0.3, 0.4) is 0 Å². The molecular formula is C15H26N4O. The van der Waals surface area contributed by atoms with E-state index in [9.17, 15) is 0 Å². The summed E-state index contributed by atoms with van der Waals surface area (Å²) in [5.41, 5.74) is 6.89. The fourth-order valence-electron chi connectivity index (χ4n) is 3.16. The molecule has 1 heterocycles. The first-order chi connectivity index (χ1) is 9.69. The molecule has 0 radical (unpaired) electrons. The summed E-state index contributed by atoms with van der Waals surface area (Å²) in [6.45, 7) is 5.76. The minimum Gasteiger partial charge on any atom is -0.481 e. The molecular weight excluding hydrogens is 252 g/mol. The summed E-state index contributed by atoms with van der Waals surface area (Å²) in [6, 6.07) is 2.31. The highest BCUT2D eigenvalue weighted by Crippen LogP contribution is 2.30. The lowest BCUT2D eigenvalue weighted by Crippen LogP contribution is -2.46. The van der Waals surface area contributed by atoms with Gasteiger partial charge >= 0.3 is 0 Å². The van der Waals surface area contributed by atoms with E-state index in [-0.39, 0.29) is 0 Å². The van der Waals surface area contributed by atoms with Gasteiger partial charge in [-0.25, -0.2) is 4.98 Å². The first kappa shape index (κ1) is 15.0. The Morgan fingerprint density at radius 3 is 2.75 bits per heavy atom. The second kappa shape index (κ2) is 6.88. The smallest absolute Gasteiger partial charge is 0.229 e. The molecule has 2 unspecified atom stereocenters. The lowest BCUT2D eigenvalue weighted by Gasteiger charge is -2.39. The van der Waals surface area contributed by atoms with E-state index >= 15 is 0 Å². The van der Waals surface area contributed by atoms with Crippen LogP contribution < -0.4 is 15.4 Å². The van der Waals surface area contributed by atoms with Crippen LogP contribution in [0, 0.1) is 12.8 Å². The van der Waals surface area contributed by atoms with Gasteiger partial charge < -0.3 is 15.4 Å². The maximum atomic E-state index is 5.96. The monoisotopic (exact) mass is 278 g/mol. The van der Waals surface area contributed by atoms with Crippen LogP contribution in [0.5, 0.6) is 5.88 Å². The fraction of sp³-hybridized carbons (Fsp3) is 0.733. The third kappa shape index (κ3) is 3.20. The number of aromatic nitrogens is 2. The molecule has 1 fully saturated rings. The van der Waals surface area contributed by atoms with Crippen LogP contribution in [0.4, 0.5) is 5.95 Å². The Hall–Kier alpha value is -1.36. The van der Waals surface area contributed by atoms with Crippen molar-refractivity contribution in [3.8, 4) is 5.88 Å². The van der Waals surface area contributed by atoms with Crippen LogP contribution in [0.1, 0.15) is 38.3 Å². The van der Waals surface area contributed by atoms with Crippen molar-refractivity contribution in [2.75, 3.05) is 25.1 Å². The molecule has 0 aliphatic heterocycles. The van der Waals surface area contributed by atoms with Gasteiger partial charge in [0.1, 0.15) is 0 Å². The first-order valence-corrected chi connectivity index (χ1v) is 7.56. The van der Waals surface area contributed by atoms with Crippen molar-refractivity contribution in [2.45, 2.75) is 45.6 Å². The Kier molecular flexibility index (Phi) is 5.17. The molecule has 1 aliphatic rings. The molecule has 0 aromatic carbocycles. The molecule has 20 heavy (non-hydrogen) atoms. The number of rotatable bonds is 5. The van der Waals surface area contributed by atoms with Gasteiger partial charge in [0.25, 0.3) is 0 Å². The molecule has 0 spiro atoms. The van der Waals surface area contributed by atoms with E-state index in [1.165, 1.54) is 25.7 Å². The Morgan fingerprint density at radius 2 is 2.10 bits per heavy atom. The van der Waals surface area contributed by atoms with Gasteiger partial charge in [-0.2, -0.15) is 4.98 Å². The number of nitrogens with zero attached hydrogens (tertiary/aromatic N) is 3. The van der Waals surface area contributed by atoms with E-state index in [1.54, 1.807) is 7.11 Å². The van der Waals surface area contributed by atoms with Crippen LogP contribution in [-0.2, 0) is 0 Å². The van der Waals surface area contributed by atoms with Gasteiger partial charge in [0.05, 0.1) is 7.11 Å². The highest BCUT2D eigenvalue weighted by atomic mass is 16.5. The van der Waals surface area contributed by atoms with E-state index in [2.05, 4.69) is 21.8 Å². The number of hydrogen-bond acceptors (Lipinski definition) is 5. The summed E-state index contributed by atoms with van der Waals surface area (Å²) in [4.78, 5) is 11.4. The summed E-state index contributed by atoms with van der Waals surface area (Å²) in [5.74, 6) is 1.94. The van der Waals surface area contributed by atoms with Crippen molar-refractivity contribution in [1.29, 1.82) is 0 Å². The number of ether oxygens (including phenoxy) is 1. The Morgan fingerprint density at radius 1 is 1.35 bits per heavy atom. The van der Waals surface area contributed by atoms with Crippen molar-refractivity contribution in [3.63, 3.8) is 0 Å². The molecule has 2 rings (SSSR count). The summed E-state index contributed by atoms with van der Waals surface area (Å²) in [5, 5.41) is 0. The van der Waals surface area contributed by atoms with Gasteiger partial charge in [-0.3, -0.25) is 0 Å². The third-order valence-corrected chi connectivity index (χ3v) is 4.20. The zero-order valence-electron chi connectivity index (χ0n) is 12.8. The summed E-state index contributed by atoms with van der Waals surface area (Å²) in [7, 11) is 1.64. The van der Waals surface area contributed by atoms with E-state index in [4.69, 9.17) is 10.5 Å². The lowest BCUT2D eigenvalue weighted by atomic mass is 9.83. The Labute approximate surface area is 121 Å². The molecule has 1 aliphatic carbocycles. The SMILES string of the molecule is CCN(c1nc(C)cc(OC)n1)C1CCCCC1CN. The van der Waals surface area contributed by atoms with E-state index in [1.807, 2.05) is 13.0 Å². The lowest BCUT2D eigenvalue weighted by molar-refractivity contribution is 0.297. The van der Waals surface area contributed by atoms with E-state index in [0.29, 0.717) is 17.8 Å². The highest BCUT2D eigenvalue weighted by Gasteiger charge is 2.30. The molecule has 0 amide bonds. The maximum absolute atomic E-state index is 5.96. The summed E-state index contributed by atoms with van der Waals surface area (Å²) in [6.07, 6.45) is 4.93. The number of methoxy groups -OCH3 is 1. The average molecular weight is 278 g/mol. The fourth-order valence-corrected chi connectivity index (χ4v) is 3.16. The van der Waals surface area contributed by atoms with Crippen LogP contribution >= 0.6 is 0 Å². The number of aryl methyl sites for hydroxylation is 1. The van der Waals surface area contributed by atoms with E-state index in [0.717, 1.165) is 24.7 Å². The normalized spacial score (nSPS) is 22.6. The maximum Gasteiger partial charge on any atom is 0.229 e. The molecule has 1 saturated carbocycles. The largest absolute Gasteiger partial charge is 0.481 e. The van der Waals surface area contributed by atoms with Crippen LogP contribution in [0.15, 0.2) is 6.07 Å². The average Bonchev–Trinajstić information content (AvgIpc) is 2.48. The predicted octanol–water partition coefficient (Wildman–Crippen LogP) is 2.14. The van der Waals surface area contributed by atoms with Gasteiger partial charge in [-0.1, -0.05) is 12.8 Å². The molecule has 2 N–H and O–H groups in total. The Bertz CT molecular complexity index is 438.